The standard InChI is InChI=1S/C17H20N2O3S/c1-12(16-8-5-9-23-16)18-17(20)19(2)10-13-11-21-14-6-3-4-7-15(14)22-13/h3-9,12-13H,10-11H2,1-2H3,(H,18,20). The molecule has 2 amide bonds. The number of thiophene rings is 1. The number of carbonyl (C=O) groups is 1. The number of urea groups is 1. The van der Waals surface area contributed by atoms with Gasteiger partial charge < -0.3 is 19.7 Å². The van der Waals surface area contributed by atoms with Crippen molar-refractivity contribution in [2.24, 2.45) is 0 Å². The van der Waals surface area contributed by atoms with Crippen molar-refractivity contribution in [2.75, 3.05) is 20.2 Å². The summed E-state index contributed by atoms with van der Waals surface area (Å²) in [6, 6.07) is 11.5. The van der Waals surface area contributed by atoms with Crippen LogP contribution in [0.25, 0.3) is 0 Å². The zero-order valence-corrected chi connectivity index (χ0v) is 14.0. The quantitative estimate of drug-likeness (QED) is 0.935. The maximum atomic E-state index is 12.3. The van der Waals surface area contributed by atoms with Crippen LogP contribution in [-0.2, 0) is 0 Å². The van der Waals surface area contributed by atoms with Crippen molar-refractivity contribution in [1.82, 2.24) is 10.2 Å². The van der Waals surface area contributed by atoms with E-state index in [2.05, 4.69) is 5.32 Å². The van der Waals surface area contributed by atoms with E-state index in [4.69, 9.17) is 9.47 Å². The highest BCUT2D eigenvalue weighted by molar-refractivity contribution is 7.10. The number of ether oxygens (including phenoxy) is 2. The average molecular weight is 332 g/mol. The first kappa shape index (κ1) is 15.7. The van der Waals surface area contributed by atoms with Gasteiger partial charge in [0.25, 0.3) is 0 Å². The second kappa shape index (κ2) is 6.91. The lowest BCUT2D eigenvalue weighted by molar-refractivity contribution is 0.0713. The number of amides is 2. The Morgan fingerprint density at radius 2 is 2.13 bits per heavy atom. The maximum Gasteiger partial charge on any atom is 0.317 e. The van der Waals surface area contributed by atoms with Crippen LogP contribution < -0.4 is 14.8 Å². The molecular formula is C17H20N2O3S. The number of carbonyl (C=O) groups excluding carboxylic acids is 1. The minimum atomic E-state index is -0.169. The molecule has 5 nitrogen and oxygen atoms in total. The maximum absolute atomic E-state index is 12.3. The van der Waals surface area contributed by atoms with E-state index in [1.54, 1.807) is 23.3 Å². The summed E-state index contributed by atoms with van der Waals surface area (Å²) in [6.45, 7) is 2.89. The molecule has 0 radical (unpaired) electrons. The van der Waals surface area contributed by atoms with Crippen LogP contribution in [0.5, 0.6) is 11.5 Å². The predicted octanol–water partition coefficient (Wildman–Crippen LogP) is 3.29. The fraction of sp³-hybridized carbons (Fsp3) is 0.353. The predicted molar refractivity (Wildman–Crippen MR) is 90.2 cm³/mol. The fourth-order valence-electron chi connectivity index (χ4n) is 2.45. The van der Waals surface area contributed by atoms with E-state index in [0.717, 1.165) is 16.4 Å². The summed E-state index contributed by atoms with van der Waals surface area (Å²) in [5.74, 6) is 1.48. The summed E-state index contributed by atoms with van der Waals surface area (Å²) < 4.78 is 11.6. The smallest absolute Gasteiger partial charge is 0.317 e. The van der Waals surface area contributed by atoms with E-state index >= 15 is 0 Å². The minimum absolute atomic E-state index is 0.00537. The molecule has 2 heterocycles. The molecule has 2 unspecified atom stereocenters. The number of benzene rings is 1. The minimum Gasteiger partial charge on any atom is -0.486 e. The van der Waals surface area contributed by atoms with Gasteiger partial charge in [0.05, 0.1) is 12.6 Å². The number of hydrogen-bond acceptors (Lipinski definition) is 4. The Labute approximate surface area is 139 Å². The molecule has 0 saturated carbocycles. The van der Waals surface area contributed by atoms with Crippen LogP contribution in [0.15, 0.2) is 41.8 Å². The van der Waals surface area contributed by atoms with Crippen LogP contribution in [0.4, 0.5) is 4.79 Å². The molecular weight excluding hydrogens is 312 g/mol. The van der Waals surface area contributed by atoms with Crippen molar-refractivity contribution in [3.8, 4) is 11.5 Å². The number of nitrogens with one attached hydrogen (secondary N) is 1. The highest BCUT2D eigenvalue weighted by atomic mass is 32.1. The van der Waals surface area contributed by atoms with Gasteiger partial charge in [0.2, 0.25) is 0 Å². The second-order valence-corrected chi connectivity index (χ2v) is 6.54. The summed E-state index contributed by atoms with van der Waals surface area (Å²) in [4.78, 5) is 15.1. The van der Waals surface area contributed by atoms with Gasteiger partial charge in [0.15, 0.2) is 17.6 Å². The number of likely N-dealkylation sites (N-methyl/N-ethyl adjacent to an activating group) is 1. The van der Waals surface area contributed by atoms with Crippen molar-refractivity contribution < 1.29 is 14.3 Å². The van der Waals surface area contributed by atoms with Crippen LogP contribution in [0.1, 0.15) is 17.8 Å². The van der Waals surface area contributed by atoms with Crippen LogP contribution in [0.2, 0.25) is 0 Å². The Morgan fingerprint density at radius 3 is 2.87 bits per heavy atom. The summed E-state index contributed by atoms with van der Waals surface area (Å²) in [5.41, 5.74) is 0. The molecule has 6 heteroatoms. The van der Waals surface area contributed by atoms with Gasteiger partial charge in [0.1, 0.15) is 6.61 Å². The Balaban J connectivity index is 1.53. The molecule has 0 saturated heterocycles. The first-order valence-electron chi connectivity index (χ1n) is 7.57. The number of para-hydroxylation sites is 2. The lowest BCUT2D eigenvalue weighted by Gasteiger charge is -2.30. The molecule has 0 spiro atoms. The topological polar surface area (TPSA) is 50.8 Å². The number of nitrogens with zero attached hydrogens (tertiary/aromatic N) is 1. The van der Waals surface area contributed by atoms with Crippen molar-refractivity contribution in [3.05, 3.63) is 46.7 Å². The van der Waals surface area contributed by atoms with Crippen LogP contribution in [0.3, 0.4) is 0 Å². The van der Waals surface area contributed by atoms with Crippen molar-refractivity contribution in [2.45, 2.75) is 19.1 Å². The average Bonchev–Trinajstić information content (AvgIpc) is 3.09. The molecule has 1 aromatic carbocycles. The van der Waals surface area contributed by atoms with Gasteiger partial charge in [-0.05, 0) is 30.5 Å². The van der Waals surface area contributed by atoms with E-state index in [0.29, 0.717) is 13.2 Å². The third-order valence-corrected chi connectivity index (χ3v) is 4.76. The summed E-state index contributed by atoms with van der Waals surface area (Å²) in [6.07, 6.45) is -0.169. The summed E-state index contributed by atoms with van der Waals surface area (Å²) >= 11 is 1.63. The van der Waals surface area contributed by atoms with E-state index in [9.17, 15) is 4.79 Å². The van der Waals surface area contributed by atoms with Gasteiger partial charge in [-0.15, -0.1) is 11.3 Å². The zero-order chi connectivity index (χ0) is 16.2. The first-order chi connectivity index (χ1) is 11.1. The Morgan fingerprint density at radius 1 is 1.35 bits per heavy atom. The van der Waals surface area contributed by atoms with Crippen molar-refractivity contribution in [1.29, 1.82) is 0 Å². The van der Waals surface area contributed by atoms with Crippen LogP contribution in [-0.4, -0.2) is 37.2 Å². The van der Waals surface area contributed by atoms with Crippen molar-refractivity contribution >= 4 is 17.4 Å². The van der Waals surface area contributed by atoms with E-state index < -0.39 is 0 Å². The van der Waals surface area contributed by atoms with E-state index in [1.807, 2.05) is 48.7 Å². The molecule has 1 N–H and O–H groups in total. The summed E-state index contributed by atoms with van der Waals surface area (Å²) in [7, 11) is 1.76. The second-order valence-electron chi connectivity index (χ2n) is 5.56. The monoisotopic (exact) mass is 332 g/mol. The zero-order valence-electron chi connectivity index (χ0n) is 13.2. The highest BCUT2D eigenvalue weighted by Crippen LogP contribution is 2.31. The Hall–Kier alpha value is -2.21. The third-order valence-electron chi connectivity index (χ3n) is 3.70. The molecule has 1 aromatic heterocycles. The molecule has 2 atom stereocenters. The summed E-state index contributed by atoms with van der Waals surface area (Å²) in [5, 5.41) is 5.00. The molecule has 23 heavy (non-hydrogen) atoms. The highest BCUT2D eigenvalue weighted by Gasteiger charge is 2.24. The van der Waals surface area contributed by atoms with Crippen LogP contribution >= 0.6 is 11.3 Å². The molecule has 1 aliphatic rings. The van der Waals surface area contributed by atoms with E-state index in [1.165, 1.54) is 0 Å². The fourth-order valence-corrected chi connectivity index (χ4v) is 3.18. The van der Waals surface area contributed by atoms with E-state index in [-0.39, 0.29) is 18.2 Å². The molecule has 0 aliphatic carbocycles. The SMILES string of the molecule is CC(NC(=O)N(C)CC1COc2ccccc2O1)c1cccs1. The van der Waals surface area contributed by atoms with Crippen molar-refractivity contribution in [3.63, 3.8) is 0 Å². The molecule has 0 bridgehead atoms. The van der Waals surface area contributed by atoms with Crippen LogP contribution in [0, 0.1) is 0 Å². The van der Waals surface area contributed by atoms with Gasteiger partial charge in [0, 0.05) is 11.9 Å². The van der Waals surface area contributed by atoms with Gasteiger partial charge in [-0.3, -0.25) is 0 Å². The largest absolute Gasteiger partial charge is 0.486 e. The molecule has 3 rings (SSSR count). The lowest BCUT2D eigenvalue weighted by atomic mass is 10.2. The van der Waals surface area contributed by atoms with Gasteiger partial charge in [-0.25, -0.2) is 4.79 Å². The normalized spacial score (nSPS) is 17.4. The lowest BCUT2D eigenvalue weighted by Crippen LogP contribution is -2.46. The van der Waals surface area contributed by atoms with Gasteiger partial charge in [-0.2, -0.15) is 0 Å². The first-order valence-corrected chi connectivity index (χ1v) is 8.45. The number of fused-ring (bicyclic) bond motifs is 1. The molecule has 1 aliphatic heterocycles. The van der Waals surface area contributed by atoms with Gasteiger partial charge >= 0.3 is 6.03 Å². The molecule has 0 fully saturated rings. The third kappa shape index (κ3) is 3.76. The molecule has 2 aromatic rings. The van der Waals surface area contributed by atoms with Gasteiger partial charge in [-0.1, -0.05) is 18.2 Å². The molecule has 122 valence electrons. The Bertz CT molecular complexity index is 660. The number of hydrogen-bond donors (Lipinski definition) is 1. The Kier molecular flexibility index (Phi) is 4.71. The number of rotatable bonds is 4.